The van der Waals surface area contributed by atoms with Crippen molar-refractivity contribution in [2.45, 2.75) is 5.50 Å². The van der Waals surface area contributed by atoms with Gasteiger partial charge in [-0.15, -0.1) is 0 Å². The average molecular weight is 228 g/mol. The molecule has 1 aliphatic heterocycles. The van der Waals surface area contributed by atoms with Gasteiger partial charge in [0.2, 0.25) is 0 Å². The predicted molar refractivity (Wildman–Crippen MR) is 65.8 cm³/mol. The van der Waals surface area contributed by atoms with Crippen LogP contribution >= 0.6 is 11.6 Å². The molecule has 0 bridgehead atoms. The average Bonchev–Trinajstić information content (AvgIpc) is 2.66. The minimum absolute atomic E-state index is 0.264. The molecule has 0 aromatic heterocycles. The van der Waals surface area contributed by atoms with Crippen LogP contribution in [0.25, 0.3) is 5.57 Å². The van der Waals surface area contributed by atoms with Crippen LogP contribution in [0.2, 0.25) is 0 Å². The van der Waals surface area contributed by atoms with Crippen LogP contribution in [0, 0.1) is 0 Å². The van der Waals surface area contributed by atoms with Crippen LogP contribution in [0.3, 0.4) is 0 Å². The van der Waals surface area contributed by atoms with E-state index in [2.05, 4.69) is 23.2 Å². The monoisotopic (exact) mass is 227 g/mol. The van der Waals surface area contributed by atoms with Crippen molar-refractivity contribution in [3.05, 3.63) is 70.7 Å². The topological polar surface area (TPSA) is 12.4 Å². The highest BCUT2D eigenvalue weighted by atomic mass is 35.5. The second-order valence-electron chi connectivity index (χ2n) is 3.76. The van der Waals surface area contributed by atoms with Crippen molar-refractivity contribution in [2.75, 3.05) is 0 Å². The maximum Gasteiger partial charge on any atom is 0.150 e. The molecule has 1 unspecified atom stereocenters. The van der Waals surface area contributed by atoms with Gasteiger partial charge in [0.25, 0.3) is 0 Å². The van der Waals surface area contributed by atoms with Crippen molar-refractivity contribution in [2.24, 2.45) is 4.99 Å². The largest absolute Gasteiger partial charge is 0.260 e. The molecule has 2 aromatic carbocycles. The molecule has 0 spiro atoms. The molecule has 0 saturated heterocycles. The standard InChI is InChI=1S/C14H10ClN/c15-14-13(10-6-2-1-3-7-10)11-8-4-5-9-12(11)16-14/h1-9,14H. The lowest BCUT2D eigenvalue weighted by molar-refractivity contribution is 1.13. The molecular weight excluding hydrogens is 218 g/mol. The molecule has 16 heavy (non-hydrogen) atoms. The number of benzene rings is 2. The van der Waals surface area contributed by atoms with Crippen LogP contribution in [0.15, 0.2) is 59.6 Å². The summed E-state index contributed by atoms with van der Waals surface area (Å²) in [6.07, 6.45) is 0. The molecule has 1 atom stereocenters. The molecule has 78 valence electrons. The van der Waals surface area contributed by atoms with Crippen LogP contribution in [-0.2, 0) is 0 Å². The molecule has 0 N–H and O–H groups in total. The molecule has 1 heterocycles. The molecule has 1 aliphatic rings. The molecule has 0 amide bonds. The van der Waals surface area contributed by atoms with E-state index in [0.717, 1.165) is 21.7 Å². The third-order valence-corrected chi connectivity index (χ3v) is 3.09. The van der Waals surface area contributed by atoms with E-state index in [1.807, 2.05) is 36.4 Å². The Balaban J connectivity index is 2.34. The number of fused-ring (bicyclic) bond motifs is 1. The van der Waals surface area contributed by atoms with Crippen molar-refractivity contribution >= 4 is 17.2 Å². The minimum Gasteiger partial charge on any atom is -0.260 e. The van der Waals surface area contributed by atoms with E-state index in [4.69, 9.17) is 11.6 Å². The van der Waals surface area contributed by atoms with Crippen LogP contribution in [0.4, 0.5) is 0 Å². The first-order valence-corrected chi connectivity index (χ1v) is 5.66. The van der Waals surface area contributed by atoms with Crippen LogP contribution in [-0.4, -0.2) is 5.50 Å². The second kappa shape index (κ2) is 3.76. The van der Waals surface area contributed by atoms with Gasteiger partial charge in [0, 0.05) is 10.8 Å². The van der Waals surface area contributed by atoms with Crippen molar-refractivity contribution in [1.29, 1.82) is 0 Å². The van der Waals surface area contributed by atoms with E-state index in [1.165, 1.54) is 0 Å². The molecule has 3 rings (SSSR count). The van der Waals surface area contributed by atoms with E-state index in [1.54, 1.807) is 0 Å². The fourth-order valence-electron chi connectivity index (χ4n) is 2.04. The lowest BCUT2D eigenvalue weighted by Crippen LogP contribution is -2.22. The summed E-state index contributed by atoms with van der Waals surface area (Å²) in [6.45, 7) is 0. The fourth-order valence-corrected chi connectivity index (χ4v) is 2.39. The molecule has 0 radical (unpaired) electrons. The van der Waals surface area contributed by atoms with Gasteiger partial charge in [0.15, 0.2) is 5.50 Å². The van der Waals surface area contributed by atoms with Crippen LogP contribution in [0.1, 0.15) is 5.56 Å². The van der Waals surface area contributed by atoms with E-state index in [-0.39, 0.29) is 5.50 Å². The number of hydrogen-bond donors (Lipinski definition) is 0. The third kappa shape index (κ3) is 1.44. The van der Waals surface area contributed by atoms with Gasteiger partial charge in [-0.05, 0) is 11.6 Å². The van der Waals surface area contributed by atoms with Gasteiger partial charge in [-0.2, -0.15) is 0 Å². The van der Waals surface area contributed by atoms with Crippen molar-refractivity contribution < 1.29 is 0 Å². The zero-order chi connectivity index (χ0) is 11.0. The Morgan fingerprint density at radius 3 is 2.38 bits per heavy atom. The maximum atomic E-state index is 6.27. The summed E-state index contributed by atoms with van der Waals surface area (Å²) in [5.74, 6) is 0. The number of para-hydroxylation sites is 1. The predicted octanol–water partition coefficient (Wildman–Crippen LogP) is 2.08. The lowest BCUT2D eigenvalue weighted by atomic mass is 10.0. The van der Waals surface area contributed by atoms with Crippen LogP contribution in [0.5, 0.6) is 0 Å². The maximum absolute atomic E-state index is 6.27. The van der Waals surface area contributed by atoms with Gasteiger partial charge in [-0.3, -0.25) is 4.99 Å². The molecule has 2 aromatic rings. The second-order valence-corrected chi connectivity index (χ2v) is 4.18. The normalized spacial score (nSPS) is 18.1. The van der Waals surface area contributed by atoms with Gasteiger partial charge < -0.3 is 0 Å². The highest BCUT2D eigenvalue weighted by Gasteiger charge is 2.17. The number of rotatable bonds is 1. The SMILES string of the molecule is ClC1N=c2ccccc2=C1c1ccccc1. The Morgan fingerprint density at radius 2 is 1.56 bits per heavy atom. The highest BCUT2D eigenvalue weighted by Crippen LogP contribution is 2.21. The number of alkyl halides is 1. The Labute approximate surface area is 98.7 Å². The zero-order valence-corrected chi connectivity index (χ0v) is 9.35. The summed E-state index contributed by atoms with van der Waals surface area (Å²) in [6, 6.07) is 18.3. The van der Waals surface area contributed by atoms with Gasteiger partial charge in [-0.1, -0.05) is 60.1 Å². The van der Waals surface area contributed by atoms with Gasteiger partial charge in [-0.25, -0.2) is 0 Å². The van der Waals surface area contributed by atoms with Crippen molar-refractivity contribution in [3.63, 3.8) is 0 Å². The summed E-state index contributed by atoms with van der Waals surface area (Å²) >= 11 is 6.27. The molecule has 0 saturated carbocycles. The summed E-state index contributed by atoms with van der Waals surface area (Å²) in [5.41, 5.74) is 1.99. The van der Waals surface area contributed by atoms with E-state index in [9.17, 15) is 0 Å². The summed E-state index contributed by atoms with van der Waals surface area (Å²) in [7, 11) is 0. The minimum atomic E-state index is -0.264. The molecule has 2 heteroatoms. The van der Waals surface area contributed by atoms with Gasteiger partial charge in [0.1, 0.15) is 0 Å². The first-order valence-electron chi connectivity index (χ1n) is 5.23. The first-order chi connectivity index (χ1) is 7.86. The lowest BCUT2D eigenvalue weighted by Gasteiger charge is -2.05. The van der Waals surface area contributed by atoms with Gasteiger partial charge in [0.05, 0.1) is 5.36 Å². The summed E-state index contributed by atoms with van der Waals surface area (Å²) < 4.78 is 0. The third-order valence-electron chi connectivity index (χ3n) is 2.77. The first kappa shape index (κ1) is 9.61. The number of hydrogen-bond acceptors (Lipinski definition) is 1. The zero-order valence-electron chi connectivity index (χ0n) is 8.60. The van der Waals surface area contributed by atoms with Crippen molar-refractivity contribution in [1.82, 2.24) is 0 Å². The Bertz CT molecular complexity index is 631. The van der Waals surface area contributed by atoms with E-state index >= 15 is 0 Å². The molecular formula is C14H10ClN. The summed E-state index contributed by atoms with van der Waals surface area (Å²) in [4.78, 5) is 4.44. The Morgan fingerprint density at radius 1 is 0.875 bits per heavy atom. The van der Waals surface area contributed by atoms with E-state index < -0.39 is 0 Å². The quantitative estimate of drug-likeness (QED) is 0.523. The number of halogens is 1. The Kier molecular flexibility index (Phi) is 2.26. The van der Waals surface area contributed by atoms with Crippen LogP contribution < -0.4 is 10.6 Å². The molecule has 1 nitrogen and oxygen atoms in total. The molecule has 0 fully saturated rings. The fraction of sp³-hybridized carbons (Fsp3) is 0.0714. The highest BCUT2D eigenvalue weighted by molar-refractivity contribution is 6.26. The Hall–Kier alpha value is -1.60. The number of nitrogens with zero attached hydrogens (tertiary/aromatic N) is 1. The van der Waals surface area contributed by atoms with Gasteiger partial charge >= 0.3 is 0 Å². The summed E-state index contributed by atoms with van der Waals surface area (Å²) in [5, 5.41) is 2.13. The molecule has 0 aliphatic carbocycles. The smallest absolute Gasteiger partial charge is 0.150 e. The van der Waals surface area contributed by atoms with E-state index in [0.29, 0.717) is 0 Å². The van der Waals surface area contributed by atoms with Crippen molar-refractivity contribution in [3.8, 4) is 0 Å².